The van der Waals surface area contributed by atoms with E-state index in [1.165, 1.54) is 11.8 Å². The van der Waals surface area contributed by atoms with Crippen LogP contribution < -0.4 is 10.9 Å². The first kappa shape index (κ1) is 21.2. The van der Waals surface area contributed by atoms with Crippen LogP contribution in [0.4, 0.5) is 5.69 Å². The van der Waals surface area contributed by atoms with Gasteiger partial charge in [-0.25, -0.2) is 4.98 Å². The minimum absolute atomic E-state index is 0.0426. The smallest absolute Gasteiger partial charge is 0.262 e. The topological polar surface area (TPSA) is 84.3 Å². The Morgan fingerprint density at radius 1 is 1.23 bits per heavy atom. The summed E-state index contributed by atoms with van der Waals surface area (Å²) in [6.07, 6.45) is 5.94. The van der Waals surface area contributed by atoms with Crippen LogP contribution in [0.1, 0.15) is 42.2 Å². The van der Waals surface area contributed by atoms with Crippen LogP contribution >= 0.6 is 11.3 Å². The minimum atomic E-state index is -0.183. The Labute approximate surface area is 184 Å². The summed E-state index contributed by atoms with van der Waals surface area (Å²) in [5.41, 5.74) is 2.64. The molecule has 3 aromatic rings. The van der Waals surface area contributed by atoms with E-state index in [4.69, 9.17) is 0 Å². The molecule has 0 atom stereocenters. The van der Waals surface area contributed by atoms with Gasteiger partial charge < -0.3 is 10.2 Å². The fourth-order valence-corrected chi connectivity index (χ4v) is 5.14. The van der Waals surface area contributed by atoms with Gasteiger partial charge in [0, 0.05) is 44.0 Å². The summed E-state index contributed by atoms with van der Waals surface area (Å²) in [7, 11) is 1.72. The Balaban J connectivity index is 1.46. The maximum Gasteiger partial charge on any atom is 0.262 e. The van der Waals surface area contributed by atoms with Crippen LogP contribution in [0.25, 0.3) is 10.2 Å². The highest BCUT2D eigenvalue weighted by Gasteiger charge is 2.20. The molecule has 4 rings (SSSR count). The largest absolute Gasteiger partial charge is 0.342 e. The van der Waals surface area contributed by atoms with E-state index in [1.807, 2.05) is 24.3 Å². The molecule has 7 nitrogen and oxygen atoms in total. The van der Waals surface area contributed by atoms with Gasteiger partial charge in [-0.05, 0) is 42.9 Å². The highest BCUT2D eigenvalue weighted by atomic mass is 32.1. The molecule has 0 saturated carbocycles. The Bertz CT molecular complexity index is 1200. The number of carbonyl (C=O) groups excluding carboxylic acids is 2. The molecule has 2 aromatic heterocycles. The van der Waals surface area contributed by atoms with Crippen molar-refractivity contribution in [1.29, 1.82) is 0 Å². The number of nitrogens with one attached hydrogen (secondary N) is 1. The molecular formula is C23H26N4O3S. The summed E-state index contributed by atoms with van der Waals surface area (Å²) in [6, 6.07) is 7.42. The summed E-state index contributed by atoms with van der Waals surface area (Å²) in [5, 5.41) is 3.65. The van der Waals surface area contributed by atoms with Crippen LogP contribution in [0.5, 0.6) is 0 Å². The van der Waals surface area contributed by atoms with E-state index in [9.17, 15) is 14.4 Å². The highest BCUT2D eigenvalue weighted by Crippen LogP contribution is 2.33. The van der Waals surface area contributed by atoms with Crippen molar-refractivity contribution in [2.24, 2.45) is 0 Å². The molecule has 1 N–H and O–H groups in total. The molecule has 2 heterocycles. The van der Waals surface area contributed by atoms with E-state index in [2.05, 4.69) is 10.3 Å². The van der Waals surface area contributed by atoms with Crippen LogP contribution in [-0.2, 0) is 35.5 Å². The number of para-hydroxylation sites is 1. The van der Waals surface area contributed by atoms with Gasteiger partial charge in [0.05, 0.1) is 11.7 Å². The van der Waals surface area contributed by atoms with Gasteiger partial charge in [-0.1, -0.05) is 18.2 Å². The summed E-state index contributed by atoms with van der Waals surface area (Å²) in [6.45, 7) is 2.19. The third-order valence-corrected chi connectivity index (χ3v) is 6.96. The number of hydrogen-bond acceptors (Lipinski definition) is 5. The van der Waals surface area contributed by atoms with Gasteiger partial charge in [0.25, 0.3) is 5.56 Å². The van der Waals surface area contributed by atoms with Crippen LogP contribution in [0.15, 0.2) is 35.4 Å². The van der Waals surface area contributed by atoms with Crippen molar-refractivity contribution in [3.05, 3.63) is 57.0 Å². The molecule has 2 amide bonds. The second kappa shape index (κ2) is 9.01. The summed E-state index contributed by atoms with van der Waals surface area (Å²) >= 11 is 1.63. The number of amides is 2. The lowest BCUT2D eigenvalue weighted by Gasteiger charge is -2.18. The molecular weight excluding hydrogens is 412 g/mol. The zero-order valence-corrected chi connectivity index (χ0v) is 18.6. The molecule has 162 valence electrons. The standard InChI is InChI=1S/C23H26N4O3S/c1-15(28)26(2)13-16-7-3-5-9-18(16)25-20(29)11-12-27-14-24-22-21(23(27)30)17-8-4-6-10-19(17)31-22/h3,5,7,9,14H,4,6,8,10-13H2,1-2H3,(H,25,29). The predicted octanol–water partition coefficient (Wildman–Crippen LogP) is 3.34. The van der Waals surface area contributed by atoms with Gasteiger partial charge >= 0.3 is 0 Å². The average molecular weight is 439 g/mol. The Kier molecular flexibility index (Phi) is 6.18. The second-order valence-corrected chi connectivity index (χ2v) is 9.05. The fraction of sp³-hybridized carbons (Fsp3) is 0.391. The molecule has 0 fully saturated rings. The van der Waals surface area contributed by atoms with Crippen molar-refractivity contribution < 1.29 is 9.59 Å². The number of fused-ring (bicyclic) bond motifs is 3. The van der Waals surface area contributed by atoms with E-state index in [1.54, 1.807) is 34.2 Å². The summed E-state index contributed by atoms with van der Waals surface area (Å²) in [4.78, 5) is 45.3. The number of anilines is 1. The molecule has 8 heteroatoms. The van der Waals surface area contributed by atoms with E-state index in [0.717, 1.165) is 47.0 Å². The van der Waals surface area contributed by atoms with Gasteiger partial charge in [0.15, 0.2) is 0 Å². The van der Waals surface area contributed by atoms with Gasteiger partial charge in [-0.3, -0.25) is 19.0 Å². The van der Waals surface area contributed by atoms with Crippen LogP contribution in [0.2, 0.25) is 0 Å². The fourth-order valence-electron chi connectivity index (χ4n) is 3.92. The van der Waals surface area contributed by atoms with E-state index in [-0.39, 0.29) is 30.3 Å². The molecule has 0 bridgehead atoms. The molecule has 0 spiro atoms. The SMILES string of the molecule is CC(=O)N(C)Cc1ccccc1NC(=O)CCn1cnc2sc3c(c2c1=O)CCCC3. The van der Waals surface area contributed by atoms with Crippen molar-refractivity contribution in [2.45, 2.75) is 52.1 Å². The van der Waals surface area contributed by atoms with E-state index < -0.39 is 0 Å². The first-order valence-electron chi connectivity index (χ1n) is 10.5. The number of nitrogens with zero attached hydrogens (tertiary/aromatic N) is 3. The van der Waals surface area contributed by atoms with Crippen molar-refractivity contribution in [3.8, 4) is 0 Å². The lowest BCUT2D eigenvalue weighted by molar-refractivity contribution is -0.128. The Morgan fingerprint density at radius 3 is 2.81 bits per heavy atom. The minimum Gasteiger partial charge on any atom is -0.342 e. The Morgan fingerprint density at radius 2 is 2.00 bits per heavy atom. The van der Waals surface area contributed by atoms with Gasteiger partial charge in [0.1, 0.15) is 4.83 Å². The monoisotopic (exact) mass is 438 g/mol. The number of aromatic nitrogens is 2. The first-order valence-corrected chi connectivity index (χ1v) is 11.3. The lowest BCUT2D eigenvalue weighted by atomic mass is 9.97. The molecule has 1 aliphatic carbocycles. The first-order chi connectivity index (χ1) is 14.9. The van der Waals surface area contributed by atoms with Gasteiger partial charge in [-0.15, -0.1) is 11.3 Å². The quantitative estimate of drug-likeness (QED) is 0.640. The summed E-state index contributed by atoms with van der Waals surface area (Å²) in [5.74, 6) is -0.226. The maximum absolute atomic E-state index is 13.0. The average Bonchev–Trinajstić information content (AvgIpc) is 3.14. The van der Waals surface area contributed by atoms with Crippen LogP contribution in [-0.4, -0.2) is 33.3 Å². The molecule has 0 saturated heterocycles. The Hall–Kier alpha value is -3.00. The molecule has 0 radical (unpaired) electrons. The van der Waals surface area contributed by atoms with Crippen molar-refractivity contribution in [3.63, 3.8) is 0 Å². The molecule has 1 aromatic carbocycles. The third kappa shape index (κ3) is 4.54. The van der Waals surface area contributed by atoms with Crippen LogP contribution in [0, 0.1) is 0 Å². The molecule has 0 aliphatic heterocycles. The second-order valence-electron chi connectivity index (χ2n) is 7.96. The molecule has 0 unspecified atom stereocenters. The predicted molar refractivity (Wildman–Crippen MR) is 122 cm³/mol. The zero-order valence-electron chi connectivity index (χ0n) is 17.8. The van der Waals surface area contributed by atoms with Crippen molar-refractivity contribution in [1.82, 2.24) is 14.5 Å². The van der Waals surface area contributed by atoms with Crippen LogP contribution in [0.3, 0.4) is 0 Å². The number of carbonyl (C=O) groups is 2. The van der Waals surface area contributed by atoms with Gasteiger partial charge in [0.2, 0.25) is 11.8 Å². The zero-order chi connectivity index (χ0) is 22.0. The van der Waals surface area contributed by atoms with E-state index in [0.29, 0.717) is 12.2 Å². The number of aryl methyl sites for hydroxylation is 3. The number of thiophene rings is 1. The number of benzene rings is 1. The number of hydrogen-bond donors (Lipinski definition) is 1. The van der Waals surface area contributed by atoms with Crippen molar-refractivity contribution in [2.75, 3.05) is 12.4 Å². The normalized spacial score (nSPS) is 13.1. The van der Waals surface area contributed by atoms with Crippen molar-refractivity contribution >= 4 is 39.1 Å². The highest BCUT2D eigenvalue weighted by molar-refractivity contribution is 7.18. The summed E-state index contributed by atoms with van der Waals surface area (Å²) < 4.78 is 1.54. The molecule has 31 heavy (non-hydrogen) atoms. The van der Waals surface area contributed by atoms with E-state index >= 15 is 0 Å². The molecule has 1 aliphatic rings. The third-order valence-electron chi connectivity index (χ3n) is 5.76. The lowest BCUT2D eigenvalue weighted by Crippen LogP contribution is -2.25. The maximum atomic E-state index is 13.0. The number of rotatable bonds is 6. The van der Waals surface area contributed by atoms with Gasteiger partial charge in [-0.2, -0.15) is 0 Å².